The first-order valence-corrected chi connectivity index (χ1v) is 3.74. The summed E-state index contributed by atoms with van der Waals surface area (Å²) in [7, 11) is 3.07. The van der Waals surface area contributed by atoms with Gasteiger partial charge in [0.2, 0.25) is 0 Å². The third-order valence-corrected chi connectivity index (χ3v) is 1.69. The fourth-order valence-electron chi connectivity index (χ4n) is 0.959. The summed E-state index contributed by atoms with van der Waals surface area (Å²) in [4.78, 5) is 0. The lowest BCUT2D eigenvalue weighted by molar-refractivity contribution is 0.356. The van der Waals surface area contributed by atoms with Gasteiger partial charge in [0.05, 0.1) is 19.9 Å². The van der Waals surface area contributed by atoms with Gasteiger partial charge in [0.25, 0.3) is 0 Å². The van der Waals surface area contributed by atoms with Crippen LogP contribution in [0.4, 0.5) is 5.69 Å². The molecule has 0 amide bonds. The summed E-state index contributed by atoms with van der Waals surface area (Å²) in [6.45, 7) is 0. The van der Waals surface area contributed by atoms with Gasteiger partial charge in [-0.3, -0.25) is 0 Å². The summed E-state index contributed by atoms with van der Waals surface area (Å²) >= 11 is 5.74. The number of hydrogen-bond acceptors (Lipinski definition) is 3. The van der Waals surface area contributed by atoms with Crippen molar-refractivity contribution in [1.29, 1.82) is 0 Å². The maximum Gasteiger partial charge on any atom is 0.183 e. The smallest absolute Gasteiger partial charge is 0.183 e. The van der Waals surface area contributed by atoms with Crippen LogP contribution in [0.15, 0.2) is 12.1 Å². The van der Waals surface area contributed by atoms with E-state index in [2.05, 4.69) is 0 Å². The Labute approximate surface area is 76.0 Å². The minimum absolute atomic E-state index is 0.474. The van der Waals surface area contributed by atoms with E-state index in [0.717, 1.165) is 0 Å². The Morgan fingerprint density at radius 2 is 1.92 bits per heavy atom. The molecule has 2 N–H and O–H groups in total. The molecule has 0 atom stereocenters. The van der Waals surface area contributed by atoms with Gasteiger partial charge in [-0.2, -0.15) is 0 Å². The highest BCUT2D eigenvalue weighted by molar-refractivity contribution is 6.31. The Balaban J connectivity index is 3.24. The van der Waals surface area contributed by atoms with Crippen LogP contribution in [-0.2, 0) is 0 Å². The van der Waals surface area contributed by atoms with Gasteiger partial charge in [-0.15, -0.1) is 0 Å². The number of nitrogen functional groups attached to an aromatic ring is 1. The quantitative estimate of drug-likeness (QED) is 0.720. The minimum atomic E-state index is 0.474. The van der Waals surface area contributed by atoms with Gasteiger partial charge in [-0.1, -0.05) is 11.6 Å². The van der Waals surface area contributed by atoms with Crippen molar-refractivity contribution in [3.05, 3.63) is 17.2 Å². The maximum absolute atomic E-state index is 5.74. The molecule has 0 saturated heterocycles. The highest BCUT2D eigenvalue weighted by Crippen LogP contribution is 2.35. The van der Waals surface area contributed by atoms with Gasteiger partial charge in [0, 0.05) is 11.1 Å². The van der Waals surface area contributed by atoms with Crippen LogP contribution in [0.25, 0.3) is 0 Å². The van der Waals surface area contributed by atoms with E-state index in [0.29, 0.717) is 22.2 Å². The summed E-state index contributed by atoms with van der Waals surface area (Å²) in [5.41, 5.74) is 6.09. The second kappa shape index (κ2) is 3.54. The predicted molar refractivity (Wildman–Crippen MR) is 49.0 cm³/mol. The topological polar surface area (TPSA) is 44.5 Å². The van der Waals surface area contributed by atoms with E-state index < -0.39 is 0 Å². The standard InChI is InChI=1S/C8H10ClNO2/c1-11-7-4-5(9)3-6(10)8(7)12-2/h3-4H,10H2,1-2H3. The van der Waals surface area contributed by atoms with Gasteiger partial charge in [0.15, 0.2) is 11.5 Å². The third-order valence-electron chi connectivity index (χ3n) is 1.47. The summed E-state index contributed by atoms with van der Waals surface area (Å²) in [5, 5.41) is 0.533. The Morgan fingerprint density at radius 3 is 2.42 bits per heavy atom. The molecule has 0 fully saturated rings. The molecule has 0 radical (unpaired) electrons. The molecule has 3 nitrogen and oxygen atoms in total. The van der Waals surface area contributed by atoms with Gasteiger partial charge >= 0.3 is 0 Å². The molecule has 66 valence electrons. The van der Waals surface area contributed by atoms with Crippen LogP contribution >= 0.6 is 11.6 Å². The molecule has 1 aromatic carbocycles. The number of methoxy groups -OCH3 is 2. The Kier molecular flexibility index (Phi) is 2.65. The second-order valence-corrected chi connectivity index (χ2v) is 2.67. The molecule has 0 saturated carbocycles. The normalized spacial score (nSPS) is 9.58. The predicted octanol–water partition coefficient (Wildman–Crippen LogP) is 1.94. The Bertz CT molecular complexity index is 289. The number of hydrogen-bond donors (Lipinski definition) is 1. The zero-order valence-electron chi connectivity index (χ0n) is 6.93. The average molecular weight is 188 g/mol. The number of anilines is 1. The van der Waals surface area contributed by atoms with Crippen LogP contribution in [0.1, 0.15) is 0 Å². The van der Waals surface area contributed by atoms with Gasteiger partial charge in [-0.25, -0.2) is 0 Å². The molecule has 0 aromatic heterocycles. The Morgan fingerprint density at radius 1 is 1.25 bits per heavy atom. The zero-order valence-corrected chi connectivity index (χ0v) is 7.68. The number of nitrogens with two attached hydrogens (primary N) is 1. The molecule has 12 heavy (non-hydrogen) atoms. The van der Waals surface area contributed by atoms with Crippen LogP contribution in [0.3, 0.4) is 0 Å². The van der Waals surface area contributed by atoms with E-state index in [1.807, 2.05) is 0 Å². The zero-order chi connectivity index (χ0) is 9.14. The van der Waals surface area contributed by atoms with E-state index in [-0.39, 0.29) is 0 Å². The first-order valence-electron chi connectivity index (χ1n) is 3.36. The highest BCUT2D eigenvalue weighted by atomic mass is 35.5. The van der Waals surface area contributed by atoms with Crippen molar-refractivity contribution in [2.45, 2.75) is 0 Å². The summed E-state index contributed by atoms with van der Waals surface area (Å²) in [6, 6.07) is 3.26. The molecule has 0 aliphatic heterocycles. The lowest BCUT2D eigenvalue weighted by Crippen LogP contribution is -1.95. The second-order valence-electron chi connectivity index (χ2n) is 2.23. The molecule has 0 aliphatic carbocycles. The molecular weight excluding hydrogens is 178 g/mol. The van der Waals surface area contributed by atoms with E-state index >= 15 is 0 Å². The van der Waals surface area contributed by atoms with Gasteiger partial charge in [-0.05, 0) is 6.07 Å². The molecule has 0 heterocycles. The lowest BCUT2D eigenvalue weighted by Gasteiger charge is -2.09. The molecule has 1 rings (SSSR count). The van der Waals surface area contributed by atoms with Crippen molar-refractivity contribution in [3.8, 4) is 11.5 Å². The number of rotatable bonds is 2. The molecular formula is C8H10ClNO2. The van der Waals surface area contributed by atoms with Crippen molar-refractivity contribution in [1.82, 2.24) is 0 Å². The summed E-state index contributed by atoms with van der Waals surface area (Å²) in [6.07, 6.45) is 0. The average Bonchev–Trinajstić information content (AvgIpc) is 2.03. The van der Waals surface area contributed by atoms with Crippen LogP contribution in [-0.4, -0.2) is 14.2 Å². The number of benzene rings is 1. The third kappa shape index (κ3) is 1.56. The summed E-state index contributed by atoms with van der Waals surface area (Å²) < 4.78 is 10.0. The van der Waals surface area contributed by atoms with Crippen molar-refractivity contribution in [3.63, 3.8) is 0 Å². The van der Waals surface area contributed by atoms with Crippen LogP contribution in [0.2, 0.25) is 5.02 Å². The fourth-order valence-corrected chi connectivity index (χ4v) is 1.18. The molecule has 0 aliphatic rings. The Hall–Kier alpha value is -1.09. The van der Waals surface area contributed by atoms with Crippen LogP contribution in [0, 0.1) is 0 Å². The van der Waals surface area contributed by atoms with Crippen LogP contribution in [0.5, 0.6) is 11.5 Å². The SMILES string of the molecule is COc1cc(Cl)cc(N)c1OC. The molecule has 0 unspecified atom stereocenters. The van der Waals surface area contributed by atoms with E-state index in [4.69, 9.17) is 26.8 Å². The van der Waals surface area contributed by atoms with Crippen LogP contribution < -0.4 is 15.2 Å². The maximum atomic E-state index is 5.74. The van der Waals surface area contributed by atoms with E-state index in [1.165, 1.54) is 14.2 Å². The van der Waals surface area contributed by atoms with E-state index in [1.54, 1.807) is 12.1 Å². The highest BCUT2D eigenvalue weighted by Gasteiger charge is 2.08. The van der Waals surface area contributed by atoms with E-state index in [9.17, 15) is 0 Å². The first-order chi connectivity index (χ1) is 5.69. The largest absolute Gasteiger partial charge is 0.493 e. The van der Waals surface area contributed by atoms with Crippen molar-refractivity contribution < 1.29 is 9.47 Å². The van der Waals surface area contributed by atoms with Gasteiger partial charge in [0.1, 0.15) is 0 Å². The lowest BCUT2D eigenvalue weighted by atomic mass is 10.3. The fraction of sp³-hybridized carbons (Fsp3) is 0.250. The summed E-state index contributed by atoms with van der Waals surface area (Å²) in [5.74, 6) is 1.06. The first kappa shape index (κ1) is 9.00. The van der Waals surface area contributed by atoms with Crippen molar-refractivity contribution >= 4 is 17.3 Å². The minimum Gasteiger partial charge on any atom is -0.493 e. The molecule has 0 bridgehead atoms. The monoisotopic (exact) mass is 187 g/mol. The van der Waals surface area contributed by atoms with Crippen molar-refractivity contribution in [2.24, 2.45) is 0 Å². The molecule has 1 aromatic rings. The number of halogens is 1. The van der Waals surface area contributed by atoms with Gasteiger partial charge < -0.3 is 15.2 Å². The number of ether oxygens (including phenoxy) is 2. The molecule has 0 spiro atoms. The van der Waals surface area contributed by atoms with Crippen molar-refractivity contribution in [2.75, 3.05) is 20.0 Å². The molecule has 4 heteroatoms.